The van der Waals surface area contributed by atoms with E-state index in [0.717, 1.165) is 5.56 Å². The van der Waals surface area contributed by atoms with Crippen molar-refractivity contribution >= 4 is 11.9 Å². The number of ether oxygens (including phenoxy) is 3. The molecule has 0 aliphatic carbocycles. The average molecular weight is 278 g/mol. The van der Waals surface area contributed by atoms with Gasteiger partial charge in [0.25, 0.3) is 0 Å². The highest BCUT2D eigenvalue weighted by Gasteiger charge is 2.36. The third-order valence-corrected chi connectivity index (χ3v) is 3.02. The Morgan fingerprint density at radius 1 is 1.05 bits per heavy atom. The van der Waals surface area contributed by atoms with Crippen LogP contribution in [0.5, 0.6) is 5.75 Å². The van der Waals surface area contributed by atoms with Gasteiger partial charge in [0.1, 0.15) is 5.75 Å². The van der Waals surface area contributed by atoms with Gasteiger partial charge in [-0.1, -0.05) is 18.2 Å². The fourth-order valence-electron chi connectivity index (χ4n) is 1.93. The number of carbonyl (C=O) groups is 2. The first-order chi connectivity index (χ1) is 9.58. The zero-order chi connectivity index (χ0) is 15.1. The molecule has 0 saturated heterocycles. The first-order valence-corrected chi connectivity index (χ1v) is 6.01. The summed E-state index contributed by atoms with van der Waals surface area (Å²) >= 11 is 0. The summed E-state index contributed by atoms with van der Waals surface area (Å²) in [7, 11) is 4.02. The number of benzene rings is 1. The second-order valence-electron chi connectivity index (χ2n) is 4.06. The molecule has 0 bridgehead atoms. The maximum atomic E-state index is 11.8. The second kappa shape index (κ2) is 7.33. The predicted octanol–water partition coefficient (Wildman–Crippen LogP) is 1.93. The van der Waals surface area contributed by atoms with Crippen LogP contribution in [0.25, 0.3) is 0 Å². The number of methoxy groups -OCH3 is 3. The van der Waals surface area contributed by atoms with Crippen LogP contribution in [-0.2, 0) is 19.1 Å². The summed E-state index contributed by atoms with van der Waals surface area (Å²) < 4.78 is 14.4. The van der Waals surface area contributed by atoms with Crippen molar-refractivity contribution in [3.05, 3.63) is 42.5 Å². The van der Waals surface area contributed by atoms with Crippen molar-refractivity contribution in [2.45, 2.75) is 5.92 Å². The molecule has 0 saturated carbocycles. The predicted molar refractivity (Wildman–Crippen MR) is 73.5 cm³/mol. The lowest BCUT2D eigenvalue weighted by Gasteiger charge is -2.20. The van der Waals surface area contributed by atoms with Gasteiger partial charge in [-0.25, -0.2) is 0 Å². The molecule has 0 N–H and O–H groups in total. The van der Waals surface area contributed by atoms with E-state index in [2.05, 4.69) is 16.1 Å². The summed E-state index contributed by atoms with van der Waals surface area (Å²) in [6.45, 7) is 3.69. The molecule has 1 aromatic carbocycles. The van der Waals surface area contributed by atoms with Crippen LogP contribution in [-0.4, -0.2) is 33.3 Å². The molecule has 0 aliphatic heterocycles. The van der Waals surface area contributed by atoms with Gasteiger partial charge in [-0.15, -0.1) is 6.58 Å². The van der Waals surface area contributed by atoms with E-state index in [4.69, 9.17) is 4.74 Å². The Hall–Kier alpha value is -2.30. The van der Waals surface area contributed by atoms with E-state index in [9.17, 15) is 9.59 Å². The van der Waals surface area contributed by atoms with E-state index in [1.807, 2.05) is 0 Å². The van der Waals surface area contributed by atoms with Crippen LogP contribution in [0.4, 0.5) is 0 Å². The van der Waals surface area contributed by atoms with Crippen molar-refractivity contribution in [2.75, 3.05) is 21.3 Å². The summed E-state index contributed by atoms with van der Waals surface area (Å²) in [5.74, 6) is -2.23. The van der Waals surface area contributed by atoms with Crippen LogP contribution in [0.3, 0.4) is 0 Å². The van der Waals surface area contributed by atoms with E-state index in [-0.39, 0.29) is 0 Å². The third-order valence-electron chi connectivity index (χ3n) is 3.02. The maximum Gasteiger partial charge on any atom is 0.321 e. The highest BCUT2D eigenvalue weighted by molar-refractivity contribution is 5.96. The number of esters is 2. The minimum absolute atomic E-state index is 0.527. The lowest BCUT2D eigenvalue weighted by atomic mass is 9.86. The molecule has 5 nitrogen and oxygen atoms in total. The highest BCUT2D eigenvalue weighted by atomic mass is 16.5. The molecule has 0 heterocycles. The molecule has 0 radical (unpaired) electrons. The Labute approximate surface area is 118 Å². The van der Waals surface area contributed by atoms with Crippen molar-refractivity contribution in [2.24, 2.45) is 5.92 Å². The molecule has 5 heteroatoms. The summed E-state index contributed by atoms with van der Waals surface area (Å²) in [6.07, 6.45) is 1.53. The summed E-state index contributed by atoms with van der Waals surface area (Å²) in [6, 6.07) is 7.03. The Kier molecular flexibility index (Phi) is 5.77. The van der Waals surface area contributed by atoms with Crippen LogP contribution in [0.2, 0.25) is 0 Å². The minimum atomic E-state index is -1.07. The summed E-state index contributed by atoms with van der Waals surface area (Å²) in [4.78, 5) is 23.6. The van der Waals surface area contributed by atoms with Crippen molar-refractivity contribution in [1.29, 1.82) is 0 Å². The van der Waals surface area contributed by atoms with Crippen molar-refractivity contribution < 1.29 is 23.8 Å². The van der Waals surface area contributed by atoms with Crippen LogP contribution in [0, 0.1) is 5.92 Å². The van der Waals surface area contributed by atoms with E-state index in [0.29, 0.717) is 5.75 Å². The zero-order valence-corrected chi connectivity index (χ0v) is 11.8. The zero-order valence-electron chi connectivity index (χ0n) is 11.8. The topological polar surface area (TPSA) is 61.8 Å². The van der Waals surface area contributed by atoms with Gasteiger partial charge in [-0.2, -0.15) is 0 Å². The fourth-order valence-corrected chi connectivity index (χ4v) is 1.93. The van der Waals surface area contributed by atoms with E-state index in [1.54, 1.807) is 31.4 Å². The van der Waals surface area contributed by atoms with Crippen LogP contribution in [0.15, 0.2) is 36.9 Å². The van der Waals surface area contributed by atoms with Gasteiger partial charge < -0.3 is 14.2 Å². The molecule has 1 aromatic rings. The Morgan fingerprint density at radius 3 is 1.90 bits per heavy atom. The summed E-state index contributed by atoms with van der Waals surface area (Å²) in [5.41, 5.74) is 0.751. The van der Waals surface area contributed by atoms with Gasteiger partial charge in [-0.3, -0.25) is 9.59 Å². The van der Waals surface area contributed by atoms with Gasteiger partial charge in [0, 0.05) is 5.92 Å². The van der Waals surface area contributed by atoms with Crippen LogP contribution < -0.4 is 4.74 Å². The van der Waals surface area contributed by atoms with Gasteiger partial charge in [0.05, 0.1) is 21.3 Å². The van der Waals surface area contributed by atoms with Crippen molar-refractivity contribution in [3.8, 4) is 5.75 Å². The second-order valence-corrected chi connectivity index (χ2v) is 4.06. The van der Waals surface area contributed by atoms with Crippen LogP contribution in [0.1, 0.15) is 11.5 Å². The van der Waals surface area contributed by atoms with Gasteiger partial charge >= 0.3 is 11.9 Å². The first-order valence-electron chi connectivity index (χ1n) is 6.01. The normalized spacial score (nSPS) is 11.6. The molecule has 0 fully saturated rings. The minimum Gasteiger partial charge on any atom is -0.497 e. The van der Waals surface area contributed by atoms with Gasteiger partial charge in [0.15, 0.2) is 5.92 Å². The molecule has 0 unspecified atom stereocenters. The number of hydrogen-bond acceptors (Lipinski definition) is 5. The van der Waals surface area contributed by atoms with E-state index in [1.165, 1.54) is 20.3 Å². The molecule has 0 spiro atoms. The quantitative estimate of drug-likeness (QED) is 0.452. The number of allylic oxidation sites excluding steroid dienone is 1. The Balaban J connectivity index is 3.14. The van der Waals surface area contributed by atoms with E-state index >= 15 is 0 Å². The number of carbonyl (C=O) groups excluding carboxylic acids is 2. The molecule has 1 rings (SSSR count). The monoisotopic (exact) mass is 278 g/mol. The molecule has 0 aromatic heterocycles. The first kappa shape index (κ1) is 15.8. The Morgan fingerprint density at radius 2 is 1.55 bits per heavy atom. The fraction of sp³-hybridized carbons (Fsp3) is 0.333. The van der Waals surface area contributed by atoms with Crippen molar-refractivity contribution in [1.82, 2.24) is 0 Å². The SMILES string of the molecule is C=C[C@H](c1ccc(OC)cc1)C(C(=O)OC)C(=O)OC. The highest BCUT2D eigenvalue weighted by Crippen LogP contribution is 2.29. The molecule has 0 aliphatic rings. The van der Waals surface area contributed by atoms with Crippen molar-refractivity contribution in [3.63, 3.8) is 0 Å². The standard InChI is InChI=1S/C15H18O5/c1-5-12(10-6-8-11(18-2)9-7-10)13(14(16)19-3)15(17)20-4/h5-9,12-13H,1H2,2-4H3/t12-/m1/s1. The lowest BCUT2D eigenvalue weighted by Crippen LogP contribution is -2.31. The number of hydrogen-bond donors (Lipinski definition) is 0. The average Bonchev–Trinajstić information content (AvgIpc) is 2.51. The lowest BCUT2D eigenvalue weighted by molar-refractivity contribution is -0.159. The molecular formula is C15H18O5. The molecule has 108 valence electrons. The van der Waals surface area contributed by atoms with Gasteiger partial charge in [-0.05, 0) is 17.7 Å². The van der Waals surface area contributed by atoms with E-state index < -0.39 is 23.8 Å². The molecule has 1 atom stereocenters. The Bertz CT molecular complexity index is 462. The largest absolute Gasteiger partial charge is 0.497 e. The molecule has 20 heavy (non-hydrogen) atoms. The molecule has 0 amide bonds. The van der Waals surface area contributed by atoms with Crippen LogP contribution >= 0.6 is 0 Å². The number of rotatable bonds is 6. The molecular weight excluding hydrogens is 260 g/mol. The van der Waals surface area contributed by atoms with Gasteiger partial charge in [0.2, 0.25) is 0 Å². The smallest absolute Gasteiger partial charge is 0.321 e. The third kappa shape index (κ3) is 3.38. The maximum absolute atomic E-state index is 11.8. The summed E-state index contributed by atoms with van der Waals surface area (Å²) in [5, 5.41) is 0.